The normalized spacial score (nSPS) is 13.6. The van der Waals surface area contributed by atoms with Crippen molar-refractivity contribution < 1.29 is 0 Å². The molecule has 1 heterocycles. The molecule has 0 spiro atoms. The molecule has 10 rings (SSSR count). The predicted octanol–water partition coefficient (Wildman–Crippen LogP) is 14.7. The zero-order valence-corrected chi connectivity index (χ0v) is 33.0. The van der Waals surface area contributed by atoms with Crippen molar-refractivity contribution in [2.75, 3.05) is 0 Å². The molecule has 0 saturated heterocycles. The van der Waals surface area contributed by atoms with Crippen molar-refractivity contribution >= 4 is 27.9 Å². The van der Waals surface area contributed by atoms with E-state index < -0.39 is 0 Å². The van der Waals surface area contributed by atoms with E-state index in [4.69, 9.17) is 4.99 Å². The van der Waals surface area contributed by atoms with Crippen LogP contribution in [-0.4, -0.2) is 10.3 Å². The fourth-order valence-electron chi connectivity index (χ4n) is 8.85. The Morgan fingerprint density at radius 2 is 1.08 bits per heavy atom. The van der Waals surface area contributed by atoms with E-state index in [9.17, 15) is 0 Å². The summed E-state index contributed by atoms with van der Waals surface area (Å²) in [6, 6.07) is 76.3. The van der Waals surface area contributed by atoms with E-state index in [1.54, 1.807) is 0 Å². The van der Waals surface area contributed by atoms with Crippen LogP contribution in [0.5, 0.6) is 0 Å². The van der Waals surface area contributed by atoms with Crippen LogP contribution in [0.25, 0.3) is 61.4 Å². The number of hydrogen-bond donors (Lipinski definition) is 0. The molecule has 0 unspecified atom stereocenters. The molecule has 0 fully saturated rings. The fraction of sp³-hybridized carbons (Fsp3) is 0.0351. The van der Waals surface area contributed by atoms with E-state index in [2.05, 4.69) is 218 Å². The van der Waals surface area contributed by atoms with Gasteiger partial charge in [0.15, 0.2) is 0 Å². The van der Waals surface area contributed by atoms with Gasteiger partial charge in [0.25, 0.3) is 0 Å². The predicted molar refractivity (Wildman–Crippen MR) is 249 cm³/mol. The Kier molecular flexibility index (Phi) is 9.36. The summed E-state index contributed by atoms with van der Waals surface area (Å²) in [6.07, 6.45) is 2.18. The van der Waals surface area contributed by atoms with Gasteiger partial charge in [0, 0.05) is 33.7 Å². The van der Waals surface area contributed by atoms with E-state index in [1.807, 2.05) is 18.2 Å². The van der Waals surface area contributed by atoms with Crippen molar-refractivity contribution in [3.63, 3.8) is 0 Å². The van der Waals surface area contributed by atoms with E-state index in [1.165, 1.54) is 50.0 Å². The molecule has 0 aliphatic heterocycles. The first kappa shape index (κ1) is 35.8. The number of aliphatic imine (C=N–C) groups is 1. The molecular formula is C57H42N2. The summed E-state index contributed by atoms with van der Waals surface area (Å²) in [7, 11) is 0. The highest BCUT2D eigenvalue weighted by Gasteiger charge is 2.32. The third-order valence-corrected chi connectivity index (χ3v) is 11.6. The third kappa shape index (κ3) is 6.65. The molecule has 0 saturated carbocycles. The average molecular weight is 755 g/mol. The lowest BCUT2D eigenvalue weighted by atomic mass is 9.81. The SMILES string of the molecule is C=C(/N=C(\C=C(/C)c1ccccc1)c1cccc(-c2cccc([C@@H]3c4ccccc4-c4c(n(-c5ccccc5)c5ccccc45)-c4ccccc43)c2)c1)c1ccccc1. The van der Waals surface area contributed by atoms with Gasteiger partial charge in [-0.2, -0.15) is 0 Å². The van der Waals surface area contributed by atoms with Crippen LogP contribution in [0.3, 0.4) is 0 Å². The Morgan fingerprint density at radius 1 is 0.525 bits per heavy atom. The van der Waals surface area contributed by atoms with Gasteiger partial charge in [0.1, 0.15) is 0 Å². The Morgan fingerprint density at radius 3 is 1.83 bits per heavy atom. The number of allylic oxidation sites excluding steroid dienone is 2. The van der Waals surface area contributed by atoms with Crippen LogP contribution in [0.15, 0.2) is 230 Å². The number of nitrogens with zero attached hydrogens (tertiary/aromatic N) is 2. The molecule has 1 atom stereocenters. The molecule has 8 aromatic carbocycles. The van der Waals surface area contributed by atoms with Crippen LogP contribution in [0.2, 0.25) is 0 Å². The summed E-state index contributed by atoms with van der Waals surface area (Å²) in [5, 5.41) is 1.25. The quantitative estimate of drug-likeness (QED) is 0.137. The van der Waals surface area contributed by atoms with Crippen molar-refractivity contribution in [3.8, 4) is 39.2 Å². The molecule has 2 heteroatoms. The van der Waals surface area contributed by atoms with Crippen LogP contribution in [0.4, 0.5) is 0 Å². The highest BCUT2D eigenvalue weighted by molar-refractivity contribution is 6.14. The summed E-state index contributed by atoms with van der Waals surface area (Å²) < 4.78 is 2.46. The third-order valence-electron chi connectivity index (χ3n) is 11.6. The minimum absolute atomic E-state index is 0.00342. The lowest BCUT2D eigenvalue weighted by Crippen LogP contribution is -2.06. The zero-order chi connectivity index (χ0) is 39.7. The smallest absolute Gasteiger partial charge is 0.0712 e. The van der Waals surface area contributed by atoms with Crippen LogP contribution < -0.4 is 0 Å². The van der Waals surface area contributed by atoms with E-state index >= 15 is 0 Å². The summed E-state index contributed by atoms with van der Waals surface area (Å²) in [5.41, 5.74) is 19.4. The maximum atomic E-state index is 5.18. The van der Waals surface area contributed by atoms with Gasteiger partial charge in [0.05, 0.1) is 22.6 Å². The first-order chi connectivity index (χ1) is 29.1. The Hall–Kier alpha value is -7.55. The fourth-order valence-corrected chi connectivity index (χ4v) is 8.85. The topological polar surface area (TPSA) is 17.3 Å². The molecule has 1 aliphatic rings. The number of fused-ring (bicyclic) bond motifs is 7. The van der Waals surface area contributed by atoms with Gasteiger partial charge in [-0.05, 0) is 87.3 Å². The molecule has 2 nitrogen and oxygen atoms in total. The highest BCUT2D eigenvalue weighted by Crippen LogP contribution is 2.52. The second kappa shape index (κ2) is 15.4. The number of aromatic nitrogens is 1. The molecular weight excluding hydrogens is 713 g/mol. The minimum Gasteiger partial charge on any atom is -0.309 e. The molecule has 0 bridgehead atoms. The van der Waals surface area contributed by atoms with E-state index in [0.717, 1.165) is 50.5 Å². The van der Waals surface area contributed by atoms with Crippen molar-refractivity contribution in [1.29, 1.82) is 0 Å². The van der Waals surface area contributed by atoms with Crippen LogP contribution in [0.1, 0.15) is 46.2 Å². The largest absolute Gasteiger partial charge is 0.309 e. The number of rotatable bonds is 8. The first-order valence-corrected chi connectivity index (χ1v) is 20.3. The van der Waals surface area contributed by atoms with E-state index in [-0.39, 0.29) is 5.92 Å². The second-order valence-electron chi connectivity index (χ2n) is 15.2. The van der Waals surface area contributed by atoms with Gasteiger partial charge < -0.3 is 4.57 Å². The van der Waals surface area contributed by atoms with Crippen LogP contribution in [0, 0.1) is 0 Å². The van der Waals surface area contributed by atoms with Crippen molar-refractivity contribution in [2.24, 2.45) is 4.99 Å². The Labute approximate surface area is 346 Å². The van der Waals surface area contributed by atoms with Gasteiger partial charge >= 0.3 is 0 Å². The van der Waals surface area contributed by atoms with Crippen LogP contribution >= 0.6 is 0 Å². The lowest BCUT2D eigenvalue weighted by molar-refractivity contribution is 0.985. The molecule has 59 heavy (non-hydrogen) atoms. The molecule has 1 aromatic heterocycles. The molecule has 0 N–H and O–H groups in total. The Balaban J connectivity index is 1.12. The van der Waals surface area contributed by atoms with Gasteiger partial charge in [-0.1, -0.05) is 195 Å². The van der Waals surface area contributed by atoms with Gasteiger partial charge in [-0.3, -0.25) is 0 Å². The summed E-state index contributed by atoms with van der Waals surface area (Å²) >= 11 is 0. The molecule has 9 aromatic rings. The summed E-state index contributed by atoms with van der Waals surface area (Å²) in [5.74, 6) is 0.00342. The van der Waals surface area contributed by atoms with Crippen LogP contribution in [-0.2, 0) is 0 Å². The van der Waals surface area contributed by atoms with Crippen molar-refractivity contribution in [1.82, 2.24) is 4.57 Å². The standard InChI is InChI=1S/C57H42N2/c1-39(41-20-6-3-7-21-41)36-53(58-40(2)42-22-8-4-9-23-42)45-26-18-24-43(37-45)44-25-19-27-46(38-44)55-48-30-12-13-31-49(48)56-52-34-16-17-35-54(52)59(47-28-10-5-11-29-47)57(56)51-33-15-14-32-50(51)55/h3-38,55H,2H2,1H3/b39-36+,58-53+/t55-/m1/s1. The van der Waals surface area contributed by atoms with Crippen molar-refractivity contribution in [3.05, 3.63) is 258 Å². The lowest BCUT2D eigenvalue weighted by Gasteiger charge is -2.22. The van der Waals surface area contributed by atoms with Gasteiger partial charge in [-0.15, -0.1) is 0 Å². The van der Waals surface area contributed by atoms with Gasteiger partial charge in [-0.25, -0.2) is 4.99 Å². The molecule has 280 valence electrons. The molecule has 1 aliphatic carbocycles. The highest BCUT2D eigenvalue weighted by atomic mass is 15.0. The Bertz CT molecular complexity index is 3060. The first-order valence-electron chi connectivity index (χ1n) is 20.3. The maximum absolute atomic E-state index is 5.18. The monoisotopic (exact) mass is 754 g/mol. The zero-order valence-electron chi connectivity index (χ0n) is 33.0. The summed E-state index contributed by atoms with van der Waals surface area (Å²) in [6.45, 7) is 6.54. The maximum Gasteiger partial charge on any atom is 0.0712 e. The molecule has 0 amide bonds. The number of benzene rings is 8. The average Bonchev–Trinajstić information content (AvgIpc) is 3.59. The van der Waals surface area contributed by atoms with Crippen molar-refractivity contribution in [2.45, 2.75) is 12.8 Å². The minimum atomic E-state index is 0.00342. The van der Waals surface area contributed by atoms with Gasteiger partial charge in [0.2, 0.25) is 0 Å². The number of hydrogen-bond acceptors (Lipinski definition) is 1. The molecule has 0 radical (unpaired) electrons. The second-order valence-corrected chi connectivity index (χ2v) is 15.2. The number of para-hydroxylation sites is 2. The van der Waals surface area contributed by atoms with E-state index in [0.29, 0.717) is 0 Å². The summed E-state index contributed by atoms with van der Waals surface area (Å²) in [4.78, 5) is 5.18.